The van der Waals surface area contributed by atoms with Crippen LogP contribution in [0.1, 0.15) is 21.5 Å². The molecule has 18 heavy (non-hydrogen) atoms. The molecule has 2 aliphatic heterocycles. The summed E-state index contributed by atoms with van der Waals surface area (Å²) in [6.07, 6.45) is 10.7. The lowest BCUT2D eigenvalue weighted by Gasteiger charge is -2.25. The zero-order chi connectivity index (χ0) is 12.5. The summed E-state index contributed by atoms with van der Waals surface area (Å²) in [6.45, 7) is 0. The van der Waals surface area contributed by atoms with E-state index in [1.807, 2.05) is 35.5 Å². The Kier molecular flexibility index (Phi) is 2.34. The number of aliphatic imine (C=N–C) groups is 1. The molecule has 0 radical (unpaired) electrons. The molecular weight excluding hydrogens is 228 g/mol. The number of fused-ring (bicyclic) bond motifs is 3. The van der Waals surface area contributed by atoms with Crippen molar-refractivity contribution in [3.05, 3.63) is 59.6 Å². The van der Waals surface area contributed by atoms with E-state index in [2.05, 4.69) is 4.99 Å². The zero-order valence-corrected chi connectivity index (χ0v) is 9.45. The molecular formula is C14H10N2O2. The number of carboxylic acid groups (broad SMARTS) is 1. The van der Waals surface area contributed by atoms with Gasteiger partial charge in [0.15, 0.2) is 0 Å². The lowest BCUT2D eigenvalue weighted by molar-refractivity contribution is 0.0696. The molecule has 0 aliphatic carbocycles. The predicted octanol–water partition coefficient (Wildman–Crippen LogP) is 2.57. The minimum atomic E-state index is -0.914. The van der Waals surface area contributed by atoms with Crippen LogP contribution in [0.25, 0.3) is 11.8 Å². The second-order valence-corrected chi connectivity index (χ2v) is 3.94. The van der Waals surface area contributed by atoms with E-state index in [9.17, 15) is 9.90 Å². The Morgan fingerprint density at radius 2 is 2.17 bits per heavy atom. The summed E-state index contributed by atoms with van der Waals surface area (Å²) in [5.41, 5.74) is 2.87. The number of rotatable bonds is 1. The second kappa shape index (κ2) is 4.00. The van der Waals surface area contributed by atoms with Crippen molar-refractivity contribution in [3.63, 3.8) is 0 Å². The molecule has 1 aromatic rings. The molecule has 0 bridgehead atoms. The standard InChI is InChI=1S/C14H10N2O2/c17-14(18)12-3-1-2-11-10(12)5-8-16-9-7-15-6-4-13(11)16/h1-9H,(H,17,18). The lowest BCUT2D eigenvalue weighted by atomic mass is 9.95. The van der Waals surface area contributed by atoms with Gasteiger partial charge in [-0.25, -0.2) is 4.79 Å². The molecule has 0 unspecified atom stereocenters. The number of carboxylic acids is 1. The van der Waals surface area contributed by atoms with E-state index in [0.29, 0.717) is 5.56 Å². The fourth-order valence-electron chi connectivity index (χ4n) is 2.11. The van der Waals surface area contributed by atoms with Crippen molar-refractivity contribution in [2.45, 2.75) is 0 Å². The van der Waals surface area contributed by atoms with Gasteiger partial charge in [-0.2, -0.15) is 0 Å². The van der Waals surface area contributed by atoms with E-state index in [1.54, 1.807) is 24.5 Å². The number of aromatic carboxylic acids is 1. The summed E-state index contributed by atoms with van der Waals surface area (Å²) in [4.78, 5) is 17.2. The minimum absolute atomic E-state index is 0.314. The maximum absolute atomic E-state index is 11.2. The number of allylic oxidation sites excluding steroid dienone is 1. The summed E-state index contributed by atoms with van der Waals surface area (Å²) in [5.74, 6) is -0.914. The summed E-state index contributed by atoms with van der Waals surface area (Å²) in [6, 6.07) is 5.28. The molecule has 1 N–H and O–H groups in total. The maximum Gasteiger partial charge on any atom is 0.336 e. The highest BCUT2D eigenvalue weighted by Crippen LogP contribution is 2.32. The van der Waals surface area contributed by atoms with E-state index in [0.717, 1.165) is 16.8 Å². The smallest absolute Gasteiger partial charge is 0.336 e. The summed E-state index contributed by atoms with van der Waals surface area (Å²) in [5, 5.41) is 9.19. The van der Waals surface area contributed by atoms with Crippen LogP contribution >= 0.6 is 0 Å². The number of carbonyl (C=O) groups is 1. The Morgan fingerprint density at radius 3 is 3.00 bits per heavy atom. The Bertz CT molecular complexity index is 639. The first kappa shape index (κ1) is 10.5. The van der Waals surface area contributed by atoms with E-state index in [-0.39, 0.29) is 0 Å². The van der Waals surface area contributed by atoms with Crippen molar-refractivity contribution in [2.24, 2.45) is 4.99 Å². The Labute approximate surface area is 104 Å². The van der Waals surface area contributed by atoms with Gasteiger partial charge in [0.2, 0.25) is 0 Å². The van der Waals surface area contributed by atoms with Crippen LogP contribution in [0.3, 0.4) is 0 Å². The van der Waals surface area contributed by atoms with E-state index in [4.69, 9.17) is 0 Å². The van der Waals surface area contributed by atoms with Crippen molar-refractivity contribution in [2.75, 3.05) is 0 Å². The second-order valence-electron chi connectivity index (χ2n) is 3.94. The molecule has 0 aromatic heterocycles. The predicted molar refractivity (Wildman–Crippen MR) is 69.9 cm³/mol. The minimum Gasteiger partial charge on any atom is -0.478 e. The third-order valence-corrected chi connectivity index (χ3v) is 2.92. The molecule has 4 heteroatoms. The van der Waals surface area contributed by atoms with Crippen LogP contribution < -0.4 is 0 Å². The van der Waals surface area contributed by atoms with E-state index in [1.165, 1.54) is 0 Å². The fourth-order valence-corrected chi connectivity index (χ4v) is 2.11. The van der Waals surface area contributed by atoms with Gasteiger partial charge in [-0.15, -0.1) is 0 Å². The number of hydrogen-bond acceptors (Lipinski definition) is 3. The van der Waals surface area contributed by atoms with Gasteiger partial charge in [0.05, 0.1) is 11.3 Å². The summed E-state index contributed by atoms with van der Waals surface area (Å²) < 4.78 is 0. The van der Waals surface area contributed by atoms with Crippen LogP contribution in [0.2, 0.25) is 0 Å². The molecule has 2 aliphatic rings. The summed E-state index contributed by atoms with van der Waals surface area (Å²) in [7, 11) is 0. The van der Waals surface area contributed by atoms with Crippen molar-refractivity contribution in [1.82, 2.24) is 4.90 Å². The Balaban J connectivity index is 2.23. The van der Waals surface area contributed by atoms with Gasteiger partial charge in [-0.3, -0.25) is 4.99 Å². The SMILES string of the molecule is O=C(O)c1cccc2c1C=CN1C=CN=CC=C21. The highest BCUT2D eigenvalue weighted by molar-refractivity contribution is 5.97. The molecule has 0 saturated heterocycles. The molecule has 2 heterocycles. The van der Waals surface area contributed by atoms with Crippen molar-refractivity contribution < 1.29 is 9.90 Å². The monoisotopic (exact) mass is 238 g/mol. The molecule has 3 rings (SSSR count). The quantitative estimate of drug-likeness (QED) is 0.818. The molecule has 0 amide bonds. The van der Waals surface area contributed by atoms with Gasteiger partial charge in [0, 0.05) is 30.4 Å². The highest BCUT2D eigenvalue weighted by atomic mass is 16.4. The third-order valence-electron chi connectivity index (χ3n) is 2.92. The van der Waals surface area contributed by atoms with Crippen LogP contribution in [0, 0.1) is 0 Å². The summed E-state index contributed by atoms with van der Waals surface area (Å²) >= 11 is 0. The fraction of sp³-hybridized carbons (Fsp3) is 0. The normalized spacial score (nSPS) is 15.8. The average Bonchev–Trinajstić information content (AvgIpc) is 2.62. The van der Waals surface area contributed by atoms with E-state index < -0.39 is 5.97 Å². The van der Waals surface area contributed by atoms with Gasteiger partial charge in [-0.1, -0.05) is 12.1 Å². The lowest BCUT2D eigenvalue weighted by Crippen LogP contribution is -2.14. The van der Waals surface area contributed by atoms with Crippen molar-refractivity contribution in [1.29, 1.82) is 0 Å². The van der Waals surface area contributed by atoms with Crippen LogP contribution in [0.15, 0.2) is 47.9 Å². The first-order chi connectivity index (χ1) is 8.77. The van der Waals surface area contributed by atoms with Gasteiger partial charge in [0.25, 0.3) is 0 Å². The molecule has 0 fully saturated rings. The van der Waals surface area contributed by atoms with E-state index >= 15 is 0 Å². The maximum atomic E-state index is 11.2. The largest absolute Gasteiger partial charge is 0.478 e. The van der Waals surface area contributed by atoms with Crippen LogP contribution in [0.5, 0.6) is 0 Å². The Hall–Kier alpha value is -2.62. The van der Waals surface area contributed by atoms with Gasteiger partial charge in [0.1, 0.15) is 0 Å². The molecule has 88 valence electrons. The van der Waals surface area contributed by atoms with Gasteiger partial charge < -0.3 is 10.0 Å². The first-order valence-electron chi connectivity index (χ1n) is 5.51. The van der Waals surface area contributed by atoms with Gasteiger partial charge in [-0.05, 0) is 23.8 Å². The zero-order valence-electron chi connectivity index (χ0n) is 9.45. The topological polar surface area (TPSA) is 52.9 Å². The average molecular weight is 238 g/mol. The number of hydrogen-bond donors (Lipinski definition) is 1. The number of nitrogens with zero attached hydrogens (tertiary/aromatic N) is 2. The van der Waals surface area contributed by atoms with Crippen LogP contribution in [0.4, 0.5) is 0 Å². The number of benzene rings is 1. The molecule has 0 atom stereocenters. The van der Waals surface area contributed by atoms with Gasteiger partial charge >= 0.3 is 5.97 Å². The van der Waals surface area contributed by atoms with Crippen molar-refractivity contribution >= 4 is 24.0 Å². The first-order valence-corrected chi connectivity index (χ1v) is 5.51. The molecule has 1 aromatic carbocycles. The molecule has 4 nitrogen and oxygen atoms in total. The highest BCUT2D eigenvalue weighted by Gasteiger charge is 2.20. The molecule has 0 spiro atoms. The Morgan fingerprint density at radius 1 is 1.28 bits per heavy atom. The van der Waals surface area contributed by atoms with Crippen LogP contribution in [-0.2, 0) is 0 Å². The van der Waals surface area contributed by atoms with Crippen LogP contribution in [-0.4, -0.2) is 22.2 Å². The van der Waals surface area contributed by atoms with Crippen molar-refractivity contribution in [3.8, 4) is 0 Å². The third kappa shape index (κ3) is 1.55. The molecule has 0 saturated carbocycles.